The molecule has 1 rings (SSSR count). The van der Waals surface area contributed by atoms with Gasteiger partial charge in [-0.3, -0.25) is 0 Å². The Balaban J connectivity index is 2.53. The van der Waals surface area contributed by atoms with Crippen molar-refractivity contribution in [3.8, 4) is 0 Å². The number of carboxylic acid groups (broad SMARTS) is 1. The van der Waals surface area contributed by atoms with Crippen molar-refractivity contribution in [2.45, 2.75) is 39.2 Å². The minimum Gasteiger partial charge on any atom is -0.480 e. The van der Waals surface area contributed by atoms with E-state index in [0.29, 0.717) is 25.4 Å². The van der Waals surface area contributed by atoms with E-state index in [1.165, 1.54) is 0 Å². The summed E-state index contributed by atoms with van der Waals surface area (Å²) in [7, 11) is 1.90. The van der Waals surface area contributed by atoms with Crippen molar-refractivity contribution in [3.05, 3.63) is 0 Å². The molecule has 0 saturated carbocycles. The molecule has 1 unspecified atom stereocenters. The van der Waals surface area contributed by atoms with E-state index in [9.17, 15) is 9.59 Å². The van der Waals surface area contributed by atoms with Gasteiger partial charge in [0.2, 0.25) is 0 Å². The number of piperidine rings is 1. The van der Waals surface area contributed by atoms with Crippen molar-refractivity contribution in [2.75, 3.05) is 26.7 Å². The van der Waals surface area contributed by atoms with Crippen molar-refractivity contribution < 1.29 is 14.7 Å². The fourth-order valence-electron chi connectivity index (χ4n) is 2.64. The molecule has 0 radical (unpaired) electrons. The molecule has 6 heteroatoms. The third-order valence-corrected chi connectivity index (χ3v) is 3.60. The van der Waals surface area contributed by atoms with Gasteiger partial charge in [-0.25, -0.2) is 9.59 Å². The molecule has 0 aromatic heterocycles. The molecule has 1 aliphatic rings. The maximum Gasteiger partial charge on any atom is 0.326 e. The molecule has 0 aromatic rings. The number of carbonyl (C=O) groups is 2. The van der Waals surface area contributed by atoms with Crippen LogP contribution in [0.3, 0.4) is 0 Å². The molecular formula is C14H27N3O3. The lowest BCUT2D eigenvalue weighted by atomic mass is 9.98. The average Bonchev–Trinajstić information content (AvgIpc) is 2.38. The summed E-state index contributed by atoms with van der Waals surface area (Å²) in [5.41, 5.74) is 0. The number of hydrogen-bond donors (Lipinski definition) is 3. The van der Waals surface area contributed by atoms with E-state index >= 15 is 0 Å². The standard InChI is InChI=1S/C14H27N3O3/c1-10(2)7-12(13(18)19)16-14(20)17-6-4-5-11(9-17)8-15-3/h10-12,15H,4-9H2,1-3H3,(H,16,20)(H,18,19)/t11?,12-/m1/s1. The van der Waals surface area contributed by atoms with Gasteiger partial charge in [0.25, 0.3) is 0 Å². The minimum atomic E-state index is -0.962. The molecule has 3 N–H and O–H groups in total. The Kier molecular flexibility index (Phi) is 6.78. The number of amides is 2. The van der Waals surface area contributed by atoms with Crippen molar-refractivity contribution >= 4 is 12.0 Å². The molecule has 0 bridgehead atoms. The lowest BCUT2D eigenvalue weighted by molar-refractivity contribution is -0.139. The first-order valence-electron chi connectivity index (χ1n) is 7.36. The van der Waals surface area contributed by atoms with Gasteiger partial charge in [-0.2, -0.15) is 0 Å². The smallest absolute Gasteiger partial charge is 0.326 e. The second-order valence-corrected chi connectivity index (χ2v) is 5.98. The molecule has 0 spiro atoms. The third kappa shape index (κ3) is 5.36. The van der Waals surface area contributed by atoms with Crippen molar-refractivity contribution in [1.82, 2.24) is 15.5 Å². The quantitative estimate of drug-likeness (QED) is 0.683. The van der Waals surface area contributed by atoms with Gasteiger partial charge in [0.15, 0.2) is 0 Å². The van der Waals surface area contributed by atoms with Crippen LogP contribution in [0.1, 0.15) is 33.1 Å². The normalized spacial score (nSPS) is 20.8. The number of rotatable bonds is 6. The average molecular weight is 285 g/mol. The highest BCUT2D eigenvalue weighted by Gasteiger charge is 2.27. The summed E-state index contributed by atoms with van der Waals surface area (Å²) >= 11 is 0. The summed E-state index contributed by atoms with van der Waals surface area (Å²) < 4.78 is 0. The second kappa shape index (κ2) is 8.09. The van der Waals surface area contributed by atoms with Crippen LogP contribution in [0.4, 0.5) is 4.79 Å². The number of carboxylic acids is 1. The fraction of sp³-hybridized carbons (Fsp3) is 0.857. The van der Waals surface area contributed by atoms with Gasteiger partial charge in [-0.15, -0.1) is 0 Å². The lowest BCUT2D eigenvalue weighted by Crippen LogP contribution is -2.51. The summed E-state index contributed by atoms with van der Waals surface area (Å²) in [4.78, 5) is 25.1. The summed E-state index contributed by atoms with van der Waals surface area (Å²) in [6, 6.07) is -1.05. The first kappa shape index (κ1) is 16.8. The molecule has 6 nitrogen and oxygen atoms in total. The second-order valence-electron chi connectivity index (χ2n) is 5.98. The van der Waals surface area contributed by atoms with Crippen LogP contribution >= 0.6 is 0 Å². The van der Waals surface area contributed by atoms with Gasteiger partial charge >= 0.3 is 12.0 Å². The Hall–Kier alpha value is -1.30. The molecule has 1 aliphatic heterocycles. The predicted octanol–water partition coefficient (Wildman–Crippen LogP) is 1.13. The molecular weight excluding hydrogens is 258 g/mol. The minimum absolute atomic E-state index is 0.231. The van der Waals surface area contributed by atoms with Crippen LogP contribution in [0.25, 0.3) is 0 Å². The van der Waals surface area contributed by atoms with Crippen LogP contribution < -0.4 is 10.6 Å². The molecule has 0 aromatic carbocycles. The van der Waals surface area contributed by atoms with Crippen LogP contribution in [0.15, 0.2) is 0 Å². The van der Waals surface area contributed by atoms with Gasteiger partial charge in [0.1, 0.15) is 6.04 Å². The van der Waals surface area contributed by atoms with Gasteiger partial charge in [-0.1, -0.05) is 13.8 Å². The van der Waals surface area contributed by atoms with Crippen LogP contribution in [0.5, 0.6) is 0 Å². The number of nitrogens with one attached hydrogen (secondary N) is 2. The summed E-state index contributed by atoms with van der Waals surface area (Å²) in [5, 5.41) is 14.9. The number of carbonyl (C=O) groups excluding carboxylic acids is 1. The van der Waals surface area contributed by atoms with E-state index in [4.69, 9.17) is 5.11 Å². The first-order chi connectivity index (χ1) is 9.43. The van der Waals surface area contributed by atoms with Crippen LogP contribution in [0.2, 0.25) is 0 Å². The van der Waals surface area contributed by atoms with Crippen molar-refractivity contribution in [2.24, 2.45) is 11.8 Å². The fourth-order valence-corrected chi connectivity index (χ4v) is 2.64. The summed E-state index contributed by atoms with van der Waals surface area (Å²) in [6.07, 6.45) is 2.54. The molecule has 20 heavy (non-hydrogen) atoms. The number of aliphatic carboxylic acids is 1. The third-order valence-electron chi connectivity index (χ3n) is 3.60. The number of urea groups is 1. The Labute approximate surface area is 120 Å². The Morgan fingerprint density at radius 3 is 2.65 bits per heavy atom. The van der Waals surface area contributed by atoms with Crippen LogP contribution in [-0.4, -0.2) is 54.7 Å². The molecule has 116 valence electrons. The largest absolute Gasteiger partial charge is 0.480 e. The Morgan fingerprint density at radius 2 is 2.10 bits per heavy atom. The SMILES string of the molecule is CNCC1CCCN(C(=O)N[C@H](CC(C)C)C(=O)O)C1. The molecule has 2 atom stereocenters. The predicted molar refractivity (Wildman–Crippen MR) is 77.6 cm³/mol. The van der Waals surface area contributed by atoms with Crippen LogP contribution in [0, 0.1) is 11.8 Å². The van der Waals surface area contributed by atoms with Crippen molar-refractivity contribution in [1.29, 1.82) is 0 Å². The first-order valence-corrected chi connectivity index (χ1v) is 7.36. The highest BCUT2D eigenvalue weighted by atomic mass is 16.4. The van der Waals surface area contributed by atoms with E-state index < -0.39 is 12.0 Å². The van der Waals surface area contributed by atoms with E-state index in [1.807, 2.05) is 20.9 Å². The van der Waals surface area contributed by atoms with Gasteiger partial charge in [0.05, 0.1) is 0 Å². The van der Waals surface area contributed by atoms with E-state index in [-0.39, 0.29) is 11.9 Å². The van der Waals surface area contributed by atoms with Crippen LogP contribution in [-0.2, 0) is 4.79 Å². The zero-order chi connectivity index (χ0) is 15.1. The highest BCUT2D eigenvalue weighted by molar-refractivity contribution is 5.82. The van der Waals surface area contributed by atoms with E-state index in [0.717, 1.165) is 19.4 Å². The summed E-state index contributed by atoms with van der Waals surface area (Å²) in [6.45, 7) is 6.19. The maximum absolute atomic E-state index is 12.2. The van der Waals surface area contributed by atoms with Gasteiger partial charge in [0, 0.05) is 13.1 Å². The monoisotopic (exact) mass is 285 g/mol. The van der Waals surface area contributed by atoms with Gasteiger partial charge < -0.3 is 20.6 Å². The van der Waals surface area contributed by atoms with E-state index in [1.54, 1.807) is 4.90 Å². The highest BCUT2D eigenvalue weighted by Crippen LogP contribution is 2.16. The molecule has 1 heterocycles. The Bertz CT molecular complexity index is 332. The van der Waals surface area contributed by atoms with Gasteiger partial charge in [-0.05, 0) is 44.7 Å². The number of hydrogen-bond acceptors (Lipinski definition) is 3. The Morgan fingerprint density at radius 1 is 1.40 bits per heavy atom. The number of nitrogens with zero attached hydrogens (tertiary/aromatic N) is 1. The molecule has 0 aliphatic carbocycles. The zero-order valence-electron chi connectivity index (χ0n) is 12.7. The van der Waals surface area contributed by atoms with Crippen molar-refractivity contribution in [3.63, 3.8) is 0 Å². The summed E-state index contributed by atoms with van der Waals surface area (Å²) in [5.74, 6) is -0.279. The lowest BCUT2D eigenvalue weighted by Gasteiger charge is -2.33. The topological polar surface area (TPSA) is 81.7 Å². The zero-order valence-corrected chi connectivity index (χ0v) is 12.7. The maximum atomic E-state index is 12.2. The van der Waals surface area contributed by atoms with E-state index in [2.05, 4.69) is 10.6 Å². The molecule has 1 fully saturated rings. The number of likely N-dealkylation sites (tertiary alicyclic amines) is 1. The molecule has 1 saturated heterocycles. The molecule has 2 amide bonds.